The van der Waals surface area contributed by atoms with Gasteiger partial charge in [-0.25, -0.2) is 4.98 Å². The van der Waals surface area contributed by atoms with E-state index < -0.39 is 0 Å². The Hall–Kier alpha value is -1.85. The van der Waals surface area contributed by atoms with Crippen molar-refractivity contribution in [2.75, 3.05) is 31.1 Å². The third-order valence-electron chi connectivity index (χ3n) is 3.75. The van der Waals surface area contributed by atoms with E-state index in [0.717, 1.165) is 37.2 Å². The maximum Gasteiger partial charge on any atom is 0.157 e. The lowest BCUT2D eigenvalue weighted by Crippen LogP contribution is -2.44. The Morgan fingerprint density at radius 1 is 1.15 bits per heavy atom. The molecule has 1 saturated heterocycles. The van der Waals surface area contributed by atoms with Gasteiger partial charge in [-0.2, -0.15) is 5.10 Å². The van der Waals surface area contributed by atoms with Crippen LogP contribution in [0.2, 0.25) is 0 Å². The van der Waals surface area contributed by atoms with Crippen molar-refractivity contribution in [3.05, 3.63) is 36.2 Å². The molecule has 1 fully saturated rings. The van der Waals surface area contributed by atoms with Gasteiger partial charge < -0.3 is 10.2 Å². The average Bonchev–Trinajstić information content (AvgIpc) is 2.86. The Morgan fingerprint density at radius 2 is 1.95 bits per heavy atom. The largest absolute Gasteiger partial charge is 0.368 e. The summed E-state index contributed by atoms with van der Waals surface area (Å²) in [5.41, 5.74) is 4.58. The number of anilines is 1. The molecule has 2 aromatic heterocycles. The van der Waals surface area contributed by atoms with Crippen molar-refractivity contribution in [2.45, 2.75) is 0 Å². The predicted octanol–water partition coefficient (Wildman–Crippen LogP) is 1.74. The van der Waals surface area contributed by atoms with Gasteiger partial charge in [0, 0.05) is 37.9 Å². The monoisotopic (exact) mass is 289 g/mol. The van der Waals surface area contributed by atoms with Gasteiger partial charge in [-0.15, -0.1) is 12.4 Å². The number of halogens is 1. The summed E-state index contributed by atoms with van der Waals surface area (Å²) in [7, 11) is 0. The summed E-state index contributed by atoms with van der Waals surface area (Å²) in [5.74, 6) is 0. The number of hydrogen-bond acceptors (Lipinski definition) is 4. The third-order valence-corrected chi connectivity index (χ3v) is 3.75. The SMILES string of the molecule is C1=CC(c2cnc3[nH]ncc3c2N2CCNCC2)=C1.Cl. The molecule has 20 heavy (non-hydrogen) atoms. The number of hydrogen-bond donors (Lipinski definition) is 2. The number of fused-ring (bicyclic) bond motifs is 1. The van der Waals surface area contributed by atoms with Crippen LogP contribution in [0.3, 0.4) is 0 Å². The van der Waals surface area contributed by atoms with Crippen LogP contribution in [0.5, 0.6) is 0 Å². The minimum Gasteiger partial charge on any atom is -0.368 e. The van der Waals surface area contributed by atoms with Gasteiger partial charge >= 0.3 is 0 Å². The van der Waals surface area contributed by atoms with Gasteiger partial charge in [0.2, 0.25) is 0 Å². The molecule has 3 heterocycles. The van der Waals surface area contributed by atoms with Crippen molar-refractivity contribution < 1.29 is 0 Å². The second-order valence-corrected chi connectivity index (χ2v) is 4.87. The summed E-state index contributed by atoms with van der Waals surface area (Å²) in [6.45, 7) is 4.09. The van der Waals surface area contributed by atoms with Crippen LogP contribution < -0.4 is 10.2 Å². The Bertz CT molecular complexity index is 682. The lowest BCUT2D eigenvalue weighted by molar-refractivity contribution is 0.590. The van der Waals surface area contributed by atoms with Crippen molar-refractivity contribution in [1.29, 1.82) is 0 Å². The fourth-order valence-electron chi connectivity index (χ4n) is 2.70. The summed E-state index contributed by atoms with van der Waals surface area (Å²) < 4.78 is 0. The highest BCUT2D eigenvalue weighted by atomic mass is 35.5. The van der Waals surface area contributed by atoms with E-state index in [1.807, 2.05) is 12.4 Å². The summed E-state index contributed by atoms with van der Waals surface area (Å²) in [4.78, 5) is 6.89. The molecule has 5 nitrogen and oxygen atoms in total. The van der Waals surface area contributed by atoms with Crippen LogP contribution in [0.4, 0.5) is 5.69 Å². The summed E-state index contributed by atoms with van der Waals surface area (Å²) >= 11 is 0. The normalized spacial score (nSPS) is 17.6. The predicted molar refractivity (Wildman–Crippen MR) is 83.3 cm³/mol. The van der Waals surface area contributed by atoms with Gasteiger partial charge in [-0.05, 0) is 5.57 Å². The topological polar surface area (TPSA) is 56.8 Å². The number of nitrogens with zero attached hydrogens (tertiary/aromatic N) is 3. The van der Waals surface area contributed by atoms with E-state index in [4.69, 9.17) is 0 Å². The first-order valence-corrected chi connectivity index (χ1v) is 6.60. The highest BCUT2D eigenvalue weighted by molar-refractivity contribution is 5.99. The molecule has 2 aliphatic rings. The van der Waals surface area contributed by atoms with E-state index in [1.165, 1.54) is 16.8 Å². The van der Waals surface area contributed by atoms with Gasteiger partial charge in [0.15, 0.2) is 5.65 Å². The van der Waals surface area contributed by atoms with Gasteiger partial charge in [0.1, 0.15) is 0 Å². The number of H-pyrrole nitrogens is 1. The number of piperazine rings is 1. The number of nitrogens with one attached hydrogen (secondary N) is 2. The van der Waals surface area contributed by atoms with Gasteiger partial charge in [-0.3, -0.25) is 5.10 Å². The molecule has 104 valence electrons. The standard InChI is InChI=1S/C14H15N5.ClH/c1-2-10(3-1)11-8-16-14-12(9-17-18-14)13(11)19-6-4-15-5-7-19;/h1-3,8-9,15H,4-7H2,(H,16,17,18);1H. The van der Waals surface area contributed by atoms with Crippen LogP contribution >= 0.6 is 12.4 Å². The summed E-state index contributed by atoms with van der Waals surface area (Å²) in [6, 6.07) is 0. The van der Waals surface area contributed by atoms with E-state index in [-0.39, 0.29) is 12.4 Å². The summed E-state index contributed by atoms with van der Waals surface area (Å²) in [6.07, 6.45) is 10.2. The van der Waals surface area contributed by atoms with E-state index >= 15 is 0 Å². The lowest BCUT2D eigenvalue weighted by atomic mass is 9.97. The summed E-state index contributed by atoms with van der Waals surface area (Å²) in [5, 5.41) is 11.6. The molecule has 0 unspecified atom stereocenters. The molecular weight excluding hydrogens is 274 g/mol. The van der Waals surface area contributed by atoms with Crippen LogP contribution in [0.1, 0.15) is 5.56 Å². The van der Waals surface area contributed by atoms with E-state index in [9.17, 15) is 0 Å². The maximum absolute atomic E-state index is 4.46. The smallest absolute Gasteiger partial charge is 0.157 e. The van der Waals surface area contributed by atoms with Crippen LogP contribution in [0, 0.1) is 0 Å². The zero-order chi connectivity index (χ0) is 12.7. The van der Waals surface area contributed by atoms with Crippen molar-refractivity contribution in [3.63, 3.8) is 0 Å². The minimum atomic E-state index is 0. The van der Waals surface area contributed by atoms with Crippen molar-refractivity contribution in [3.8, 4) is 0 Å². The third kappa shape index (κ3) is 1.99. The Morgan fingerprint density at radius 3 is 2.65 bits per heavy atom. The number of aromatic amines is 1. The molecule has 1 aliphatic carbocycles. The van der Waals surface area contributed by atoms with Crippen molar-refractivity contribution >= 4 is 34.7 Å². The first-order valence-electron chi connectivity index (χ1n) is 6.60. The number of allylic oxidation sites excluding steroid dienone is 4. The van der Waals surface area contributed by atoms with Gasteiger partial charge in [-0.1, -0.05) is 18.2 Å². The number of rotatable bonds is 2. The molecule has 1 aliphatic heterocycles. The maximum atomic E-state index is 4.46. The van der Waals surface area contributed by atoms with Crippen LogP contribution in [-0.2, 0) is 0 Å². The molecule has 0 spiro atoms. The van der Waals surface area contributed by atoms with Gasteiger partial charge in [0.25, 0.3) is 0 Å². The van der Waals surface area contributed by atoms with Gasteiger partial charge in [0.05, 0.1) is 17.3 Å². The molecule has 2 aromatic rings. The van der Waals surface area contributed by atoms with E-state index in [2.05, 4.69) is 43.6 Å². The lowest BCUT2D eigenvalue weighted by Gasteiger charge is -2.32. The fraction of sp³-hybridized carbons (Fsp3) is 0.286. The average molecular weight is 290 g/mol. The van der Waals surface area contributed by atoms with E-state index in [0.29, 0.717) is 0 Å². The Balaban J connectivity index is 0.00000121. The minimum absolute atomic E-state index is 0. The fourth-order valence-corrected chi connectivity index (χ4v) is 2.70. The Kier molecular flexibility index (Phi) is 3.46. The molecule has 0 amide bonds. The van der Waals surface area contributed by atoms with E-state index in [1.54, 1.807) is 0 Å². The highest BCUT2D eigenvalue weighted by Gasteiger charge is 2.20. The number of aromatic nitrogens is 3. The molecule has 0 aromatic carbocycles. The van der Waals surface area contributed by atoms with Crippen molar-refractivity contribution in [1.82, 2.24) is 20.5 Å². The first-order chi connectivity index (χ1) is 9.43. The Labute approximate surface area is 123 Å². The second-order valence-electron chi connectivity index (χ2n) is 4.87. The number of pyridine rings is 1. The van der Waals surface area contributed by atoms with Crippen LogP contribution in [-0.4, -0.2) is 41.4 Å². The first kappa shape index (κ1) is 13.1. The molecule has 0 saturated carbocycles. The molecule has 0 bridgehead atoms. The zero-order valence-electron chi connectivity index (χ0n) is 11.0. The molecule has 0 atom stereocenters. The van der Waals surface area contributed by atoms with Crippen LogP contribution in [0.25, 0.3) is 16.6 Å². The van der Waals surface area contributed by atoms with Crippen molar-refractivity contribution in [2.24, 2.45) is 0 Å². The quantitative estimate of drug-likeness (QED) is 0.884. The molecule has 6 heteroatoms. The zero-order valence-corrected chi connectivity index (χ0v) is 11.8. The second kappa shape index (κ2) is 5.26. The molecular formula is C14H16ClN5. The van der Waals surface area contributed by atoms with Crippen LogP contribution in [0.15, 0.2) is 30.6 Å². The molecule has 2 N–H and O–H groups in total. The molecule has 0 radical (unpaired) electrons. The molecule has 4 rings (SSSR count). The highest BCUT2D eigenvalue weighted by Crippen LogP contribution is 2.35.